The van der Waals surface area contributed by atoms with E-state index in [0.717, 1.165) is 49.7 Å². The summed E-state index contributed by atoms with van der Waals surface area (Å²) in [5.74, 6) is 0.204. The van der Waals surface area contributed by atoms with Crippen LogP contribution < -0.4 is 10.6 Å². The molecule has 2 aliphatic heterocycles. The average Bonchev–Trinajstić information content (AvgIpc) is 2.64. The van der Waals surface area contributed by atoms with E-state index < -0.39 is 5.41 Å². The van der Waals surface area contributed by atoms with Crippen LogP contribution in [0, 0.1) is 12.3 Å². The van der Waals surface area contributed by atoms with E-state index in [1.54, 1.807) is 0 Å². The Hall–Kier alpha value is -1.30. The zero-order valence-corrected chi connectivity index (χ0v) is 15.0. The lowest BCUT2D eigenvalue weighted by Crippen LogP contribution is -2.56. The van der Waals surface area contributed by atoms with Crippen LogP contribution in [0.15, 0.2) is 18.2 Å². The minimum atomic E-state index is -0.424. The summed E-state index contributed by atoms with van der Waals surface area (Å²) in [4.78, 5) is 17.3. The number of piperazine rings is 1. The zero-order valence-electron chi connectivity index (χ0n) is 14.3. The van der Waals surface area contributed by atoms with Gasteiger partial charge in [0.15, 0.2) is 0 Å². The van der Waals surface area contributed by atoms with Gasteiger partial charge in [-0.05, 0) is 37.5 Å². The monoisotopic (exact) mass is 351 g/mol. The topological polar surface area (TPSA) is 58.8 Å². The Morgan fingerprint density at radius 1 is 1.25 bits per heavy atom. The number of nitrogens with two attached hydrogens (primary N) is 1. The summed E-state index contributed by atoms with van der Waals surface area (Å²) in [6, 6.07) is 5.96. The Morgan fingerprint density at radius 3 is 2.54 bits per heavy atom. The highest BCUT2D eigenvalue weighted by Crippen LogP contribution is 2.32. The maximum Gasteiger partial charge on any atom is 0.230 e. The molecule has 0 radical (unpaired) electrons. The molecule has 0 unspecified atom stereocenters. The first-order valence-electron chi connectivity index (χ1n) is 8.64. The maximum absolute atomic E-state index is 13.0. The molecule has 2 fully saturated rings. The van der Waals surface area contributed by atoms with Gasteiger partial charge in [-0.1, -0.05) is 17.7 Å². The van der Waals surface area contributed by atoms with Gasteiger partial charge < -0.3 is 20.3 Å². The quantitative estimate of drug-likeness (QED) is 0.905. The lowest BCUT2D eigenvalue weighted by molar-refractivity contribution is -0.147. The molecule has 0 aliphatic carbocycles. The van der Waals surface area contributed by atoms with Crippen molar-refractivity contribution in [1.29, 1.82) is 0 Å². The number of aryl methyl sites for hydroxylation is 1. The van der Waals surface area contributed by atoms with Crippen LogP contribution in [-0.2, 0) is 9.53 Å². The van der Waals surface area contributed by atoms with Gasteiger partial charge in [-0.3, -0.25) is 4.79 Å². The standard InChI is InChI=1S/C18H26ClN3O2/c1-14-2-3-15(19)12-16(14)21-6-8-22(9-7-21)17(23)18(13-20)4-10-24-11-5-18/h2-3,12H,4-11,13,20H2,1H3. The van der Waals surface area contributed by atoms with E-state index in [0.29, 0.717) is 19.8 Å². The number of nitrogens with zero attached hydrogens (tertiary/aromatic N) is 2. The summed E-state index contributed by atoms with van der Waals surface area (Å²) in [5, 5.41) is 0.749. The first-order valence-corrected chi connectivity index (χ1v) is 9.02. The van der Waals surface area contributed by atoms with Gasteiger partial charge in [-0.2, -0.15) is 0 Å². The normalized spacial score (nSPS) is 21.0. The van der Waals surface area contributed by atoms with Crippen LogP contribution in [0.5, 0.6) is 0 Å². The fourth-order valence-corrected chi connectivity index (χ4v) is 3.84. The predicted octanol–water partition coefficient (Wildman–Crippen LogP) is 2.05. The van der Waals surface area contributed by atoms with E-state index >= 15 is 0 Å². The van der Waals surface area contributed by atoms with Crippen molar-refractivity contribution < 1.29 is 9.53 Å². The van der Waals surface area contributed by atoms with Crippen molar-refractivity contribution in [3.63, 3.8) is 0 Å². The lowest BCUT2D eigenvalue weighted by atomic mass is 9.78. The van der Waals surface area contributed by atoms with Gasteiger partial charge in [0, 0.05) is 56.6 Å². The molecule has 0 aromatic heterocycles. The SMILES string of the molecule is Cc1ccc(Cl)cc1N1CCN(C(=O)C2(CN)CCOCC2)CC1. The maximum atomic E-state index is 13.0. The van der Waals surface area contributed by atoms with E-state index in [1.165, 1.54) is 5.56 Å². The van der Waals surface area contributed by atoms with E-state index in [1.807, 2.05) is 23.1 Å². The summed E-state index contributed by atoms with van der Waals surface area (Å²) in [6.45, 7) is 6.86. The highest BCUT2D eigenvalue weighted by molar-refractivity contribution is 6.30. The van der Waals surface area contributed by atoms with Crippen LogP contribution in [0.1, 0.15) is 18.4 Å². The Kier molecular flexibility index (Phi) is 5.33. The molecule has 24 heavy (non-hydrogen) atoms. The van der Waals surface area contributed by atoms with Gasteiger partial charge in [0.2, 0.25) is 5.91 Å². The molecule has 1 amide bonds. The number of carbonyl (C=O) groups is 1. The fraction of sp³-hybridized carbons (Fsp3) is 0.611. The summed E-state index contributed by atoms with van der Waals surface area (Å²) < 4.78 is 5.42. The van der Waals surface area contributed by atoms with Crippen molar-refractivity contribution in [3.05, 3.63) is 28.8 Å². The molecule has 1 aromatic rings. The van der Waals surface area contributed by atoms with E-state index in [2.05, 4.69) is 11.8 Å². The molecule has 2 heterocycles. The molecule has 2 aliphatic rings. The van der Waals surface area contributed by atoms with Crippen LogP contribution in [-0.4, -0.2) is 56.7 Å². The van der Waals surface area contributed by atoms with Crippen molar-refractivity contribution in [2.75, 3.05) is 50.8 Å². The molecule has 0 spiro atoms. The second-order valence-corrected chi connectivity index (χ2v) is 7.24. The molecule has 0 saturated carbocycles. The molecular formula is C18H26ClN3O2. The largest absolute Gasteiger partial charge is 0.381 e. The van der Waals surface area contributed by atoms with E-state index in [-0.39, 0.29) is 5.91 Å². The number of anilines is 1. The Bertz CT molecular complexity index is 594. The Labute approximate surface area is 148 Å². The van der Waals surface area contributed by atoms with Crippen LogP contribution in [0.4, 0.5) is 5.69 Å². The van der Waals surface area contributed by atoms with Crippen molar-refractivity contribution >= 4 is 23.2 Å². The van der Waals surface area contributed by atoms with Gasteiger partial charge >= 0.3 is 0 Å². The second-order valence-electron chi connectivity index (χ2n) is 6.81. The highest BCUT2D eigenvalue weighted by Gasteiger charge is 2.42. The van der Waals surface area contributed by atoms with Crippen LogP contribution in [0.25, 0.3) is 0 Å². The molecule has 0 atom stereocenters. The van der Waals surface area contributed by atoms with E-state index in [9.17, 15) is 4.79 Å². The van der Waals surface area contributed by atoms with E-state index in [4.69, 9.17) is 22.1 Å². The highest BCUT2D eigenvalue weighted by atomic mass is 35.5. The first-order chi connectivity index (χ1) is 11.6. The molecule has 6 heteroatoms. The van der Waals surface area contributed by atoms with Crippen molar-refractivity contribution in [3.8, 4) is 0 Å². The second kappa shape index (κ2) is 7.30. The Morgan fingerprint density at radius 2 is 1.92 bits per heavy atom. The van der Waals surface area contributed by atoms with Crippen LogP contribution >= 0.6 is 11.6 Å². The summed E-state index contributed by atoms with van der Waals surface area (Å²) >= 11 is 6.14. The molecule has 2 saturated heterocycles. The number of hydrogen-bond acceptors (Lipinski definition) is 4. The number of halogens is 1. The van der Waals surface area contributed by atoms with Gasteiger partial charge in [-0.25, -0.2) is 0 Å². The third-order valence-electron chi connectivity index (χ3n) is 5.37. The smallest absolute Gasteiger partial charge is 0.230 e. The zero-order chi connectivity index (χ0) is 17.2. The predicted molar refractivity (Wildman–Crippen MR) is 96.5 cm³/mol. The molecule has 1 aromatic carbocycles. The summed E-state index contributed by atoms with van der Waals surface area (Å²) in [5.41, 5.74) is 7.92. The third-order valence-corrected chi connectivity index (χ3v) is 5.61. The Balaban J connectivity index is 1.66. The number of rotatable bonds is 3. The number of ether oxygens (including phenoxy) is 1. The molecule has 132 valence electrons. The average molecular weight is 352 g/mol. The summed E-state index contributed by atoms with van der Waals surface area (Å²) in [6.07, 6.45) is 1.46. The molecular weight excluding hydrogens is 326 g/mol. The molecule has 5 nitrogen and oxygen atoms in total. The molecule has 2 N–H and O–H groups in total. The van der Waals surface area contributed by atoms with Gasteiger partial charge in [0.25, 0.3) is 0 Å². The van der Waals surface area contributed by atoms with Crippen molar-refractivity contribution in [2.24, 2.45) is 11.1 Å². The van der Waals surface area contributed by atoms with Crippen molar-refractivity contribution in [2.45, 2.75) is 19.8 Å². The van der Waals surface area contributed by atoms with Gasteiger partial charge in [0.05, 0.1) is 5.41 Å². The van der Waals surface area contributed by atoms with Gasteiger partial charge in [0.1, 0.15) is 0 Å². The summed E-state index contributed by atoms with van der Waals surface area (Å²) in [7, 11) is 0. The minimum Gasteiger partial charge on any atom is -0.381 e. The third kappa shape index (κ3) is 3.39. The van der Waals surface area contributed by atoms with Crippen molar-refractivity contribution in [1.82, 2.24) is 4.90 Å². The number of amides is 1. The first kappa shape index (κ1) is 17.5. The lowest BCUT2D eigenvalue weighted by Gasteiger charge is -2.43. The minimum absolute atomic E-state index is 0.204. The van der Waals surface area contributed by atoms with Crippen LogP contribution in [0.2, 0.25) is 5.02 Å². The number of carbonyl (C=O) groups excluding carboxylic acids is 1. The van der Waals surface area contributed by atoms with Gasteiger partial charge in [-0.15, -0.1) is 0 Å². The number of benzene rings is 1. The van der Waals surface area contributed by atoms with Crippen LogP contribution in [0.3, 0.4) is 0 Å². The molecule has 0 bridgehead atoms. The number of hydrogen-bond donors (Lipinski definition) is 1. The fourth-order valence-electron chi connectivity index (χ4n) is 3.68. The molecule has 3 rings (SSSR count).